The minimum Gasteiger partial charge on any atom is -0.455 e. The first kappa shape index (κ1) is 30.6. The molecule has 4 nitrogen and oxygen atoms in total. The van der Waals surface area contributed by atoms with Gasteiger partial charge in [0.25, 0.3) is 0 Å². The molecule has 0 atom stereocenters. The summed E-state index contributed by atoms with van der Waals surface area (Å²) in [5, 5.41) is 4.23. The largest absolute Gasteiger partial charge is 0.455 e. The average Bonchev–Trinajstić information content (AvgIpc) is 3.74. The Morgan fingerprint density at radius 3 is 2.06 bits per heavy atom. The van der Waals surface area contributed by atoms with E-state index in [1.807, 2.05) is 55.5 Å². The molecule has 3 heterocycles. The lowest BCUT2D eigenvalue weighted by Gasteiger charge is -2.13. The predicted octanol–water partition coefficient (Wildman–Crippen LogP) is 10.8. The standard InChI is InChI=1S/C46H31N3OS/c1-3-15-38(42-29(2)51-41-27-12-10-23-37(41)42)45-47-44(48-46(49-45)39-25-14-24-35-34-21-9-11-26-40(34)50-43(35)39)36-22-8-7-20-33(36)32-19-13-18-31(28-32)30-16-5-4-6-17-30/h3-28H,2H2,1H3/b15-3-,42-38-. The Morgan fingerprint density at radius 2 is 1.22 bits per heavy atom. The van der Waals surface area contributed by atoms with E-state index >= 15 is 0 Å². The van der Waals surface area contributed by atoms with Crippen LogP contribution in [0.5, 0.6) is 0 Å². The van der Waals surface area contributed by atoms with Crippen molar-refractivity contribution >= 4 is 55.5 Å². The number of nitrogens with zero attached hydrogens (tertiary/aromatic N) is 3. The molecule has 5 heteroatoms. The van der Waals surface area contributed by atoms with Gasteiger partial charge in [0, 0.05) is 41.7 Å². The molecule has 0 bridgehead atoms. The summed E-state index contributed by atoms with van der Waals surface area (Å²) >= 11 is 1.68. The second-order valence-corrected chi connectivity index (χ2v) is 13.5. The average molecular weight is 674 g/mol. The van der Waals surface area contributed by atoms with Crippen LogP contribution in [-0.2, 0) is 0 Å². The smallest absolute Gasteiger partial charge is 0.167 e. The number of aromatic nitrogens is 3. The third-order valence-electron chi connectivity index (χ3n) is 9.24. The van der Waals surface area contributed by atoms with Gasteiger partial charge in [0.05, 0.1) is 5.56 Å². The second-order valence-electron chi connectivity index (χ2n) is 12.4. The van der Waals surface area contributed by atoms with E-state index in [2.05, 4.69) is 116 Å². The zero-order chi connectivity index (χ0) is 34.3. The van der Waals surface area contributed by atoms with Crippen LogP contribution in [0.15, 0.2) is 162 Å². The molecule has 3 aromatic heterocycles. The van der Waals surface area contributed by atoms with Gasteiger partial charge in [-0.3, -0.25) is 0 Å². The Labute approximate surface area is 299 Å². The number of rotatable bonds is 6. The van der Waals surface area contributed by atoms with Crippen molar-refractivity contribution < 1.29 is 4.42 Å². The van der Waals surface area contributed by atoms with Gasteiger partial charge in [0.1, 0.15) is 11.2 Å². The third kappa shape index (κ3) is 5.45. The van der Waals surface area contributed by atoms with Gasteiger partial charge in [-0.1, -0.05) is 140 Å². The molecule has 242 valence electrons. The van der Waals surface area contributed by atoms with Crippen molar-refractivity contribution in [2.75, 3.05) is 0 Å². The normalized spacial score (nSPS) is 12.3. The number of furan rings is 1. The molecule has 0 N–H and O–H groups in total. The highest BCUT2D eigenvalue weighted by Crippen LogP contribution is 2.37. The Morgan fingerprint density at radius 1 is 0.588 bits per heavy atom. The highest BCUT2D eigenvalue weighted by Gasteiger charge is 2.20. The summed E-state index contributed by atoms with van der Waals surface area (Å²) in [6.07, 6.45) is 4.12. The fourth-order valence-corrected chi connectivity index (χ4v) is 7.93. The Bertz CT molecular complexity index is 2900. The number of hydrogen-bond acceptors (Lipinski definition) is 5. The molecule has 51 heavy (non-hydrogen) atoms. The highest BCUT2D eigenvalue weighted by molar-refractivity contribution is 7.17. The van der Waals surface area contributed by atoms with Crippen molar-refractivity contribution in [3.63, 3.8) is 0 Å². The molecule has 0 fully saturated rings. The summed E-state index contributed by atoms with van der Waals surface area (Å²) in [4.78, 5) is 15.7. The minimum absolute atomic E-state index is 0.541. The summed E-state index contributed by atoms with van der Waals surface area (Å²) in [7, 11) is 0. The fourth-order valence-electron chi connectivity index (χ4n) is 6.92. The molecular weight excluding hydrogens is 643 g/mol. The molecule has 0 saturated carbocycles. The van der Waals surface area contributed by atoms with Gasteiger partial charge in [-0.25, -0.2) is 15.0 Å². The molecule has 6 aromatic carbocycles. The van der Waals surface area contributed by atoms with Gasteiger partial charge < -0.3 is 4.42 Å². The molecule has 0 aliphatic carbocycles. The molecule has 9 aromatic rings. The van der Waals surface area contributed by atoms with E-state index < -0.39 is 0 Å². The summed E-state index contributed by atoms with van der Waals surface area (Å²) in [5.74, 6) is 1.69. The molecule has 0 unspecified atom stereocenters. The van der Waals surface area contributed by atoms with E-state index in [-0.39, 0.29) is 0 Å². The van der Waals surface area contributed by atoms with Crippen molar-refractivity contribution in [1.82, 2.24) is 15.0 Å². The van der Waals surface area contributed by atoms with Crippen molar-refractivity contribution in [2.45, 2.75) is 6.92 Å². The van der Waals surface area contributed by atoms with E-state index in [1.54, 1.807) is 11.3 Å². The Hall–Kier alpha value is -6.43. The van der Waals surface area contributed by atoms with Gasteiger partial charge in [0.2, 0.25) is 0 Å². The van der Waals surface area contributed by atoms with E-state index in [9.17, 15) is 0 Å². The lowest BCUT2D eigenvalue weighted by atomic mass is 9.95. The maximum absolute atomic E-state index is 6.50. The predicted molar refractivity (Wildman–Crippen MR) is 213 cm³/mol. The van der Waals surface area contributed by atoms with Gasteiger partial charge in [-0.15, -0.1) is 11.3 Å². The van der Waals surface area contributed by atoms with Crippen molar-refractivity contribution in [3.8, 4) is 45.0 Å². The number of para-hydroxylation sites is 2. The molecule has 0 aliphatic rings. The Balaban J connectivity index is 1.34. The summed E-state index contributed by atoms with van der Waals surface area (Å²) in [6.45, 7) is 6.50. The second kappa shape index (κ2) is 12.8. The molecule has 0 spiro atoms. The van der Waals surface area contributed by atoms with Gasteiger partial charge in [-0.05, 0) is 53.4 Å². The highest BCUT2D eigenvalue weighted by atomic mass is 32.1. The van der Waals surface area contributed by atoms with Crippen molar-refractivity contribution in [3.05, 3.63) is 173 Å². The first-order valence-electron chi connectivity index (χ1n) is 16.9. The third-order valence-corrected chi connectivity index (χ3v) is 10.3. The number of thiophene rings is 1. The summed E-state index contributed by atoms with van der Waals surface area (Å²) in [6, 6.07) is 50.1. The van der Waals surface area contributed by atoms with Crippen molar-refractivity contribution in [1.29, 1.82) is 0 Å². The first-order valence-corrected chi connectivity index (χ1v) is 17.7. The van der Waals surface area contributed by atoms with Gasteiger partial charge in [-0.2, -0.15) is 0 Å². The molecule has 0 aliphatic heterocycles. The molecule has 0 amide bonds. The lowest BCUT2D eigenvalue weighted by Crippen LogP contribution is -2.22. The van der Waals surface area contributed by atoms with Crippen LogP contribution in [0.2, 0.25) is 0 Å². The number of fused-ring (bicyclic) bond motifs is 4. The lowest BCUT2D eigenvalue weighted by molar-refractivity contribution is 0.669. The van der Waals surface area contributed by atoms with Crippen LogP contribution in [0.25, 0.3) is 89.2 Å². The zero-order valence-corrected chi connectivity index (χ0v) is 28.7. The van der Waals surface area contributed by atoms with Crippen LogP contribution in [0, 0.1) is 0 Å². The van der Waals surface area contributed by atoms with E-state index in [0.29, 0.717) is 17.5 Å². The molecule has 0 radical (unpaired) electrons. The number of allylic oxidation sites excluding steroid dienone is 2. The van der Waals surface area contributed by atoms with Crippen LogP contribution in [0.3, 0.4) is 0 Å². The monoisotopic (exact) mass is 673 g/mol. The number of hydrogen-bond donors (Lipinski definition) is 0. The Kier molecular flexibility index (Phi) is 7.68. The van der Waals surface area contributed by atoms with Crippen LogP contribution < -0.4 is 9.75 Å². The van der Waals surface area contributed by atoms with Gasteiger partial charge >= 0.3 is 0 Å². The zero-order valence-electron chi connectivity index (χ0n) is 27.9. The van der Waals surface area contributed by atoms with Crippen LogP contribution >= 0.6 is 11.3 Å². The quantitative estimate of drug-likeness (QED) is 0.176. The molecule has 9 rings (SSSR count). The van der Waals surface area contributed by atoms with E-state index in [1.165, 1.54) is 4.70 Å². The van der Waals surface area contributed by atoms with Gasteiger partial charge in [0.15, 0.2) is 17.5 Å². The topological polar surface area (TPSA) is 51.8 Å². The fraction of sp³-hybridized carbons (Fsp3) is 0.0217. The van der Waals surface area contributed by atoms with E-state index in [0.717, 1.165) is 76.0 Å². The maximum Gasteiger partial charge on any atom is 0.167 e. The first-order chi connectivity index (χ1) is 25.2. The van der Waals surface area contributed by atoms with Crippen molar-refractivity contribution in [2.24, 2.45) is 0 Å². The van der Waals surface area contributed by atoms with Crippen LogP contribution in [-0.4, -0.2) is 15.0 Å². The van der Waals surface area contributed by atoms with Crippen LogP contribution in [0.4, 0.5) is 0 Å². The summed E-state index contributed by atoms with van der Waals surface area (Å²) in [5.41, 5.74) is 8.61. The maximum atomic E-state index is 6.50. The summed E-state index contributed by atoms with van der Waals surface area (Å²) < 4.78 is 8.63. The molecular formula is C46H31N3OS. The molecule has 0 saturated heterocycles. The minimum atomic E-state index is 0.541. The SMILES string of the molecule is C=c1sc2ccccc2/c1=C(/C=C\C)c1nc(-c2ccccc2-c2cccc(-c3ccccc3)c2)nc(-c2cccc3c2oc2ccccc23)n1. The van der Waals surface area contributed by atoms with E-state index in [4.69, 9.17) is 19.4 Å². The number of benzene rings is 6. The van der Waals surface area contributed by atoms with Crippen LogP contribution in [0.1, 0.15) is 12.7 Å².